The van der Waals surface area contributed by atoms with Gasteiger partial charge in [-0.25, -0.2) is 9.78 Å². The molecule has 0 bridgehead atoms. The average Bonchev–Trinajstić information content (AvgIpc) is 2.61. The van der Waals surface area contributed by atoms with Gasteiger partial charge in [-0.05, 0) is 25.8 Å². The van der Waals surface area contributed by atoms with Crippen LogP contribution in [0, 0.1) is 10.1 Å². The zero-order chi connectivity index (χ0) is 18.8. The Bertz CT molecular complexity index is 981. The van der Waals surface area contributed by atoms with Gasteiger partial charge < -0.3 is 5.11 Å². The van der Waals surface area contributed by atoms with Gasteiger partial charge in [-0.3, -0.25) is 24.9 Å². The number of hydrogen-bond donors (Lipinski definition) is 2. The van der Waals surface area contributed by atoms with E-state index in [0.717, 1.165) is 6.20 Å². The number of nitrogens with zero attached hydrogens (tertiary/aromatic N) is 4. The molecule has 1 unspecified atom stereocenters. The Hall–Kier alpha value is -3.56. The molecule has 1 aromatic carbocycles. The molecule has 0 amide bonds. The smallest absolute Gasteiger partial charge is 0.342 e. The Morgan fingerprint density at radius 3 is 2.88 bits per heavy atom. The molecule has 1 aliphatic rings. The second-order valence-electron chi connectivity index (χ2n) is 5.81. The molecule has 0 radical (unpaired) electrons. The van der Waals surface area contributed by atoms with Gasteiger partial charge >= 0.3 is 5.97 Å². The Balaban J connectivity index is 2.02. The van der Waals surface area contributed by atoms with Crippen molar-refractivity contribution in [1.29, 1.82) is 0 Å². The molecule has 3 rings (SSSR count). The van der Waals surface area contributed by atoms with Crippen molar-refractivity contribution in [2.75, 3.05) is 5.43 Å². The van der Waals surface area contributed by atoms with E-state index >= 15 is 0 Å². The highest BCUT2D eigenvalue weighted by Gasteiger charge is 2.26. The zero-order valence-electron chi connectivity index (χ0n) is 13.7. The molecule has 1 aliphatic heterocycles. The number of aromatic nitrogens is 2. The van der Waals surface area contributed by atoms with Gasteiger partial charge in [0.15, 0.2) is 5.82 Å². The third-order valence-corrected chi connectivity index (χ3v) is 4.13. The minimum atomic E-state index is -1.34. The number of nitrogens with one attached hydrogen (secondary N) is 1. The molecular weight excluding hydrogens is 342 g/mol. The van der Waals surface area contributed by atoms with Crippen molar-refractivity contribution in [3.05, 3.63) is 62.3 Å². The fourth-order valence-electron chi connectivity index (χ4n) is 2.79. The zero-order valence-corrected chi connectivity index (χ0v) is 13.7. The Labute approximate surface area is 147 Å². The largest absolute Gasteiger partial charge is 0.477 e. The minimum absolute atomic E-state index is 0.132. The summed E-state index contributed by atoms with van der Waals surface area (Å²) < 4.78 is 1.30. The van der Waals surface area contributed by atoms with E-state index in [9.17, 15) is 19.7 Å². The lowest BCUT2D eigenvalue weighted by atomic mass is 10.0. The number of nitro groups is 1. The lowest BCUT2D eigenvalue weighted by Gasteiger charge is -2.25. The molecule has 0 aliphatic carbocycles. The number of hydrogen-bond acceptors (Lipinski definition) is 7. The van der Waals surface area contributed by atoms with Crippen LogP contribution in [0.25, 0.3) is 0 Å². The van der Waals surface area contributed by atoms with Gasteiger partial charge in [0.25, 0.3) is 11.2 Å². The van der Waals surface area contributed by atoms with Crippen LogP contribution < -0.4 is 11.0 Å². The summed E-state index contributed by atoms with van der Waals surface area (Å²) in [6, 6.07) is 5.81. The number of aromatic carboxylic acids is 1. The van der Waals surface area contributed by atoms with E-state index in [1.54, 1.807) is 19.1 Å². The highest BCUT2D eigenvalue weighted by molar-refractivity contribution is 5.99. The molecular formula is C16H15N5O5. The van der Waals surface area contributed by atoms with E-state index in [4.69, 9.17) is 5.11 Å². The summed E-state index contributed by atoms with van der Waals surface area (Å²) in [7, 11) is 0. The molecule has 1 atom stereocenters. The maximum atomic E-state index is 12.4. The molecule has 0 fully saturated rings. The predicted molar refractivity (Wildman–Crippen MR) is 92.7 cm³/mol. The van der Waals surface area contributed by atoms with Crippen LogP contribution >= 0.6 is 0 Å². The number of carbonyl (C=O) groups is 1. The number of fused-ring (bicyclic) bond motifs is 1. The van der Waals surface area contributed by atoms with Gasteiger partial charge in [-0.15, -0.1) is 0 Å². The van der Waals surface area contributed by atoms with Crippen molar-refractivity contribution in [2.24, 2.45) is 5.10 Å². The summed E-state index contributed by atoms with van der Waals surface area (Å²) in [5, 5.41) is 24.3. The van der Waals surface area contributed by atoms with Crippen LogP contribution in [-0.2, 0) is 0 Å². The average molecular weight is 357 g/mol. The van der Waals surface area contributed by atoms with Crippen LogP contribution in [0.1, 0.15) is 42.0 Å². The second kappa shape index (κ2) is 6.75. The first-order chi connectivity index (χ1) is 12.4. The van der Waals surface area contributed by atoms with Gasteiger partial charge in [-0.1, -0.05) is 12.1 Å². The number of para-hydroxylation sites is 2. The SMILES string of the molecule is CC1CC/C(=N\Nc2ccccc2[N+](=O)[O-])c2ncc(C(=O)O)c(=O)n21. The van der Waals surface area contributed by atoms with Gasteiger partial charge in [0.05, 0.1) is 4.92 Å². The van der Waals surface area contributed by atoms with Crippen molar-refractivity contribution in [1.82, 2.24) is 9.55 Å². The van der Waals surface area contributed by atoms with Crippen LogP contribution in [0.2, 0.25) is 0 Å². The predicted octanol–water partition coefficient (Wildman–Crippen LogP) is 2.02. The standard InChI is InChI=1S/C16H15N5O5/c1-9-6-7-12(14-17-8-10(16(23)24)15(22)20(9)14)19-18-11-4-2-3-5-13(11)21(25)26/h2-5,8-9,18H,6-7H2,1H3,(H,23,24)/b19-12+. The first-order valence-corrected chi connectivity index (χ1v) is 7.81. The quantitative estimate of drug-likeness (QED) is 0.630. The number of carboxylic acids is 1. The van der Waals surface area contributed by atoms with Crippen LogP contribution in [0.15, 0.2) is 40.4 Å². The normalized spacial score (nSPS) is 17.6. The van der Waals surface area contributed by atoms with Crippen molar-refractivity contribution < 1.29 is 14.8 Å². The summed E-state index contributed by atoms with van der Waals surface area (Å²) in [6.07, 6.45) is 2.07. The Morgan fingerprint density at radius 1 is 1.46 bits per heavy atom. The Morgan fingerprint density at radius 2 is 2.19 bits per heavy atom. The molecule has 10 nitrogen and oxygen atoms in total. The third kappa shape index (κ3) is 3.04. The minimum Gasteiger partial charge on any atom is -0.477 e. The summed E-state index contributed by atoms with van der Waals surface area (Å²) in [4.78, 5) is 38.2. The van der Waals surface area contributed by atoms with Gasteiger partial charge in [0.1, 0.15) is 17.0 Å². The molecule has 26 heavy (non-hydrogen) atoms. The van der Waals surface area contributed by atoms with Gasteiger partial charge in [0.2, 0.25) is 0 Å². The second-order valence-corrected chi connectivity index (χ2v) is 5.81. The van der Waals surface area contributed by atoms with Crippen molar-refractivity contribution in [2.45, 2.75) is 25.8 Å². The number of carboxylic acid groups (broad SMARTS) is 1. The van der Waals surface area contributed by atoms with Crippen molar-refractivity contribution in [3.8, 4) is 0 Å². The van der Waals surface area contributed by atoms with E-state index in [-0.39, 0.29) is 23.2 Å². The monoisotopic (exact) mass is 357 g/mol. The number of anilines is 1. The van der Waals surface area contributed by atoms with Crippen LogP contribution in [0.5, 0.6) is 0 Å². The fourth-order valence-corrected chi connectivity index (χ4v) is 2.79. The summed E-state index contributed by atoms with van der Waals surface area (Å²) in [5.74, 6) is -1.09. The number of hydrazone groups is 1. The first-order valence-electron chi connectivity index (χ1n) is 7.81. The Kier molecular flexibility index (Phi) is 4.48. The van der Waals surface area contributed by atoms with E-state index < -0.39 is 22.0 Å². The molecule has 0 spiro atoms. The molecule has 2 aromatic rings. The molecule has 10 heteroatoms. The fraction of sp³-hybridized carbons (Fsp3) is 0.250. The molecule has 2 N–H and O–H groups in total. The molecule has 0 saturated heterocycles. The lowest BCUT2D eigenvalue weighted by molar-refractivity contribution is -0.384. The van der Waals surface area contributed by atoms with Crippen LogP contribution in [0.4, 0.5) is 11.4 Å². The molecule has 0 saturated carbocycles. The van der Waals surface area contributed by atoms with Crippen LogP contribution in [-0.4, -0.2) is 31.3 Å². The topological polar surface area (TPSA) is 140 Å². The van der Waals surface area contributed by atoms with Crippen molar-refractivity contribution >= 4 is 23.1 Å². The van der Waals surface area contributed by atoms with Gasteiger partial charge in [0, 0.05) is 18.3 Å². The van der Waals surface area contributed by atoms with Gasteiger partial charge in [-0.2, -0.15) is 5.10 Å². The summed E-state index contributed by atoms with van der Waals surface area (Å²) in [5.41, 5.74) is 2.10. The number of benzene rings is 1. The molecule has 134 valence electrons. The first kappa shape index (κ1) is 17.3. The number of nitro benzene ring substituents is 1. The highest BCUT2D eigenvalue weighted by Crippen LogP contribution is 2.25. The molecule has 1 aromatic heterocycles. The summed E-state index contributed by atoms with van der Waals surface area (Å²) in [6.45, 7) is 1.80. The van der Waals surface area contributed by atoms with Crippen LogP contribution in [0.3, 0.4) is 0 Å². The molecule has 2 heterocycles. The van der Waals surface area contributed by atoms with E-state index in [1.807, 2.05) is 0 Å². The maximum absolute atomic E-state index is 12.4. The van der Waals surface area contributed by atoms with E-state index in [1.165, 1.54) is 16.7 Å². The van der Waals surface area contributed by atoms with Crippen molar-refractivity contribution in [3.63, 3.8) is 0 Å². The number of rotatable bonds is 4. The highest BCUT2D eigenvalue weighted by atomic mass is 16.6. The summed E-state index contributed by atoms with van der Waals surface area (Å²) >= 11 is 0. The lowest BCUT2D eigenvalue weighted by Crippen LogP contribution is -2.37. The van der Waals surface area contributed by atoms with E-state index in [0.29, 0.717) is 18.6 Å². The maximum Gasteiger partial charge on any atom is 0.342 e. The third-order valence-electron chi connectivity index (χ3n) is 4.13. The van der Waals surface area contributed by atoms with E-state index in [2.05, 4.69) is 15.5 Å².